The van der Waals surface area contributed by atoms with Crippen LogP contribution in [0, 0.1) is 18.3 Å². The molecule has 8 rings (SSSR count). The number of hydrogen-bond acceptors (Lipinski definition) is 9. The van der Waals surface area contributed by atoms with Crippen molar-refractivity contribution >= 4 is 63.9 Å². The van der Waals surface area contributed by atoms with Crippen LogP contribution in [-0.2, 0) is 20.8 Å². The summed E-state index contributed by atoms with van der Waals surface area (Å²) in [5, 5.41) is 2.64. The van der Waals surface area contributed by atoms with E-state index >= 15 is 4.39 Å². The van der Waals surface area contributed by atoms with Gasteiger partial charge in [0.15, 0.2) is 0 Å². The molecule has 15 heteroatoms. The van der Waals surface area contributed by atoms with Crippen LogP contribution in [0.2, 0.25) is 5.02 Å². The Kier molecular flexibility index (Phi) is 11.3. The molecule has 3 atom stereocenters. The fourth-order valence-electron chi connectivity index (χ4n) is 9.32. The van der Waals surface area contributed by atoms with Gasteiger partial charge in [-0.2, -0.15) is 0 Å². The van der Waals surface area contributed by atoms with E-state index in [2.05, 4.69) is 36.7 Å². The Bertz CT molecular complexity index is 2230. The molecule has 5 amide bonds. The number of piperidine rings is 2. The van der Waals surface area contributed by atoms with Crippen LogP contribution in [0.5, 0.6) is 0 Å². The molecule has 13 nitrogen and oxygen atoms in total. The molecule has 0 saturated carbocycles. The quantitative estimate of drug-likeness (QED) is 0.244. The number of piperazine rings is 2. The van der Waals surface area contributed by atoms with Gasteiger partial charge in [0.25, 0.3) is 11.8 Å². The average molecular weight is 823 g/mol. The zero-order valence-corrected chi connectivity index (χ0v) is 34.1. The minimum absolute atomic E-state index is 0.00251. The van der Waals surface area contributed by atoms with Crippen LogP contribution < -0.4 is 20.0 Å². The maximum Gasteiger partial charge on any atom is 0.262 e. The number of hydrogen-bond donors (Lipinski definition) is 1. The van der Waals surface area contributed by atoms with Crippen molar-refractivity contribution in [1.82, 2.24) is 20.0 Å². The predicted octanol–water partition coefficient (Wildman–Crippen LogP) is 5.14. The summed E-state index contributed by atoms with van der Waals surface area (Å²) in [5.41, 5.74) is 3.98. The van der Waals surface area contributed by atoms with Gasteiger partial charge in [0.1, 0.15) is 11.9 Å². The summed E-state index contributed by atoms with van der Waals surface area (Å²) in [5.74, 6) is -1.97. The molecule has 0 aliphatic carbocycles. The van der Waals surface area contributed by atoms with Crippen molar-refractivity contribution < 1.29 is 28.4 Å². The number of carbonyl (C=O) groups excluding carboxylic acids is 5. The highest BCUT2D eigenvalue weighted by Gasteiger charge is 2.45. The first-order valence-corrected chi connectivity index (χ1v) is 20.9. The van der Waals surface area contributed by atoms with Gasteiger partial charge in [0.05, 0.1) is 24.1 Å². The molecule has 0 radical (unpaired) electrons. The third kappa shape index (κ3) is 8.10. The monoisotopic (exact) mass is 822 g/mol. The van der Waals surface area contributed by atoms with Crippen molar-refractivity contribution in [3.63, 3.8) is 0 Å². The van der Waals surface area contributed by atoms with E-state index in [0.29, 0.717) is 35.3 Å². The van der Waals surface area contributed by atoms with E-state index in [1.54, 1.807) is 36.4 Å². The zero-order chi connectivity index (χ0) is 41.5. The van der Waals surface area contributed by atoms with Crippen LogP contribution in [0.3, 0.4) is 0 Å². The van der Waals surface area contributed by atoms with Crippen LogP contribution in [-0.4, -0.2) is 121 Å². The van der Waals surface area contributed by atoms with Gasteiger partial charge in [0.2, 0.25) is 23.4 Å². The third-order valence-electron chi connectivity index (χ3n) is 12.7. The molecular formula is C44H48ClFN8O5. The first-order valence-electron chi connectivity index (χ1n) is 20.5. The molecule has 4 fully saturated rings. The minimum atomic E-state index is -0.986. The number of imide groups is 2. The van der Waals surface area contributed by atoms with Gasteiger partial charge in [-0.15, -0.1) is 0 Å². The standard InChI is InChI=1S/C44H48ClFN8O5/c1-27-25-53(28(2)24-52(27)33-7-9-38(47-3)36(45)22-33)41(56)20-30-4-5-32(23-37(30)46)50-14-12-29(13-15-50)26-49-16-18-51(19-17-49)31-6-8-34-35(21-31)44(59)54(43(34)58)39-10-11-40(55)48-42(39)57/h4-9,21-23,27-29,39H,10-20,24-26H2,1-2H3,(H,48,55,57)/t27-,28+,39?/m0/s1. The Balaban J connectivity index is 0.792. The molecule has 4 saturated heterocycles. The summed E-state index contributed by atoms with van der Waals surface area (Å²) in [7, 11) is 0. The summed E-state index contributed by atoms with van der Waals surface area (Å²) in [6, 6.07) is 14.9. The molecule has 5 aliphatic heterocycles. The highest BCUT2D eigenvalue weighted by molar-refractivity contribution is 6.33. The molecule has 3 aromatic rings. The van der Waals surface area contributed by atoms with Crippen molar-refractivity contribution in [1.29, 1.82) is 0 Å². The van der Waals surface area contributed by atoms with Crippen molar-refractivity contribution in [3.8, 4) is 0 Å². The van der Waals surface area contributed by atoms with Crippen LogP contribution in [0.4, 0.5) is 27.1 Å². The lowest BCUT2D eigenvalue weighted by Crippen LogP contribution is -2.58. The van der Waals surface area contributed by atoms with Crippen molar-refractivity contribution in [2.75, 3.05) is 73.6 Å². The molecule has 0 bridgehead atoms. The Morgan fingerprint density at radius 1 is 0.814 bits per heavy atom. The smallest absolute Gasteiger partial charge is 0.262 e. The minimum Gasteiger partial charge on any atom is -0.371 e. The predicted molar refractivity (Wildman–Crippen MR) is 223 cm³/mol. The summed E-state index contributed by atoms with van der Waals surface area (Å²) in [6.45, 7) is 18.3. The second-order valence-corrected chi connectivity index (χ2v) is 16.9. The fraction of sp³-hybridized carbons (Fsp3) is 0.455. The zero-order valence-electron chi connectivity index (χ0n) is 33.3. The molecule has 0 spiro atoms. The maximum absolute atomic E-state index is 15.5. The van der Waals surface area contributed by atoms with E-state index in [9.17, 15) is 24.0 Å². The number of anilines is 3. The summed E-state index contributed by atoms with van der Waals surface area (Å²) >= 11 is 6.31. The highest BCUT2D eigenvalue weighted by Crippen LogP contribution is 2.34. The largest absolute Gasteiger partial charge is 0.371 e. The summed E-state index contributed by atoms with van der Waals surface area (Å²) in [4.78, 5) is 79.4. The number of benzene rings is 3. The van der Waals surface area contributed by atoms with Crippen LogP contribution in [0.1, 0.15) is 65.8 Å². The van der Waals surface area contributed by atoms with Gasteiger partial charge in [-0.25, -0.2) is 9.24 Å². The number of fused-ring (bicyclic) bond motifs is 1. The Labute approximate surface area is 348 Å². The SMILES string of the molecule is [C-]#[N+]c1ccc(N2C[C@@H](C)N(C(=O)Cc3ccc(N4CCC(CN5CCN(c6ccc7c(c6)C(=O)N(C6CCC(=O)NC6=O)C7=O)CC5)CC4)cc3F)C[C@@H]2C)cc1Cl. The van der Waals surface area contributed by atoms with E-state index in [1.165, 1.54) is 0 Å². The van der Waals surface area contributed by atoms with Crippen molar-refractivity contribution in [2.45, 2.75) is 64.1 Å². The van der Waals surface area contributed by atoms with E-state index in [4.69, 9.17) is 18.2 Å². The van der Waals surface area contributed by atoms with Crippen LogP contribution in [0.25, 0.3) is 4.85 Å². The average Bonchev–Trinajstić information content (AvgIpc) is 3.47. The molecule has 59 heavy (non-hydrogen) atoms. The van der Waals surface area contributed by atoms with Crippen LogP contribution in [0.15, 0.2) is 54.6 Å². The molecule has 5 heterocycles. The second kappa shape index (κ2) is 16.6. The molecular weight excluding hydrogens is 775 g/mol. The number of halogens is 2. The topological polar surface area (TPSA) is 121 Å². The lowest BCUT2D eigenvalue weighted by atomic mass is 9.95. The third-order valence-corrected chi connectivity index (χ3v) is 13.0. The van der Waals surface area contributed by atoms with Crippen molar-refractivity contribution in [3.05, 3.63) is 93.5 Å². The van der Waals surface area contributed by atoms with Gasteiger partial charge < -0.3 is 19.6 Å². The number of nitrogens with one attached hydrogen (secondary N) is 1. The van der Waals surface area contributed by atoms with E-state index in [0.717, 1.165) is 80.6 Å². The van der Waals surface area contributed by atoms with Gasteiger partial charge in [-0.3, -0.25) is 39.1 Å². The van der Waals surface area contributed by atoms with E-state index in [-0.39, 0.29) is 54.2 Å². The first-order chi connectivity index (χ1) is 28.4. The molecule has 5 aliphatic rings. The van der Waals surface area contributed by atoms with Gasteiger partial charge >= 0.3 is 0 Å². The van der Waals surface area contributed by atoms with Gasteiger partial charge in [-0.05, 0) is 87.1 Å². The second-order valence-electron chi connectivity index (χ2n) is 16.5. The first kappa shape index (κ1) is 40.3. The Hall–Kier alpha value is -5.52. The molecule has 1 N–H and O–H groups in total. The van der Waals surface area contributed by atoms with Crippen LogP contribution >= 0.6 is 11.6 Å². The highest BCUT2D eigenvalue weighted by atomic mass is 35.5. The maximum atomic E-state index is 15.5. The molecule has 3 aromatic carbocycles. The lowest BCUT2D eigenvalue weighted by Gasteiger charge is -2.45. The number of amides is 5. The molecule has 1 unspecified atom stereocenters. The number of rotatable bonds is 8. The van der Waals surface area contributed by atoms with Gasteiger partial charge in [-0.1, -0.05) is 23.7 Å². The van der Waals surface area contributed by atoms with E-state index in [1.807, 2.05) is 30.0 Å². The van der Waals surface area contributed by atoms with Crippen molar-refractivity contribution in [2.24, 2.45) is 5.92 Å². The fourth-order valence-corrected chi connectivity index (χ4v) is 9.54. The normalized spacial score (nSPS) is 23.1. The van der Waals surface area contributed by atoms with Gasteiger partial charge in [0, 0.05) is 99.5 Å². The van der Waals surface area contributed by atoms with E-state index < -0.39 is 29.7 Å². The Morgan fingerprint density at radius 2 is 1.49 bits per heavy atom. The number of carbonyl (C=O) groups is 5. The summed E-state index contributed by atoms with van der Waals surface area (Å²) < 4.78 is 15.5. The summed E-state index contributed by atoms with van der Waals surface area (Å²) in [6.07, 6.45) is 2.19. The number of nitrogens with zero attached hydrogens (tertiary/aromatic N) is 7. The Morgan fingerprint density at radius 3 is 2.19 bits per heavy atom. The molecule has 308 valence electrons. The lowest BCUT2D eigenvalue weighted by molar-refractivity contribution is -0.136. The molecule has 0 aromatic heterocycles.